The second-order valence-electron chi connectivity index (χ2n) is 6.08. The quantitative estimate of drug-likeness (QED) is 0.904. The van der Waals surface area contributed by atoms with Crippen LogP contribution in [0.1, 0.15) is 44.6 Å². The number of hydrogen-bond acceptors (Lipinski definition) is 2. The van der Waals surface area contributed by atoms with E-state index < -0.39 is 10.0 Å². The molecule has 0 atom stereocenters. The molecular weight excluding hydrogens is 270 g/mol. The maximum absolute atomic E-state index is 12.2. The molecule has 1 aromatic rings. The van der Waals surface area contributed by atoms with Crippen LogP contribution >= 0.6 is 0 Å². The van der Waals surface area contributed by atoms with Crippen LogP contribution in [0.2, 0.25) is 0 Å². The van der Waals surface area contributed by atoms with Crippen molar-refractivity contribution in [1.82, 2.24) is 4.72 Å². The zero-order valence-corrected chi connectivity index (χ0v) is 13.2. The zero-order valence-electron chi connectivity index (χ0n) is 12.4. The highest BCUT2D eigenvalue weighted by Gasteiger charge is 2.20. The van der Waals surface area contributed by atoms with E-state index in [4.69, 9.17) is 0 Å². The molecule has 0 saturated heterocycles. The van der Waals surface area contributed by atoms with Crippen LogP contribution in [-0.4, -0.2) is 15.0 Å². The van der Waals surface area contributed by atoms with Crippen LogP contribution in [0.4, 0.5) is 0 Å². The first-order valence-corrected chi connectivity index (χ1v) is 9.02. The molecule has 0 amide bonds. The van der Waals surface area contributed by atoms with Gasteiger partial charge in [-0.1, -0.05) is 50.8 Å². The topological polar surface area (TPSA) is 46.2 Å². The first-order valence-electron chi connectivity index (χ1n) is 7.54. The lowest BCUT2D eigenvalue weighted by atomic mass is 9.81. The van der Waals surface area contributed by atoms with Gasteiger partial charge in [-0.25, -0.2) is 13.1 Å². The van der Waals surface area contributed by atoms with Gasteiger partial charge in [0.05, 0.1) is 4.90 Å². The highest BCUT2D eigenvalue weighted by atomic mass is 32.2. The summed E-state index contributed by atoms with van der Waals surface area (Å²) in [6, 6.07) is 7.12. The SMILES string of the molecule is Cc1ccccc1S(=O)(=O)NCCC1CCC(C)CC1. The monoisotopic (exact) mass is 295 g/mol. The predicted molar refractivity (Wildman–Crippen MR) is 82.1 cm³/mol. The second-order valence-corrected chi connectivity index (χ2v) is 7.81. The third-order valence-corrected chi connectivity index (χ3v) is 5.98. The Morgan fingerprint density at radius 3 is 2.45 bits per heavy atom. The van der Waals surface area contributed by atoms with Gasteiger partial charge in [-0.15, -0.1) is 0 Å². The lowest BCUT2D eigenvalue weighted by Gasteiger charge is -2.26. The van der Waals surface area contributed by atoms with Crippen LogP contribution in [0.15, 0.2) is 29.2 Å². The predicted octanol–water partition coefficient (Wildman–Crippen LogP) is 3.49. The number of aryl methyl sites for hydroxylation is 1. The summed E-state index contributed by atoms with van der Waals surface area (Å²) in [6.07, 6.45) is 6.02. The van der Waals surface area contributed by atoms with Crippen molar-refractivity contribution in [3.8, 4) is 0 Å². The van der Waals surface area contributed by atoms with E-state index in [1.165, 1.54) is 25.7 Å². The molecule has 3 nitrogen and oxygen atoms in total. The van der Waals surface area contributed by atoms with Gasteiger partial charge in [-0.05, 0) is 36.8 Å². The van der Waals surface area contributed by atoms with Crippen molar-refractivity contribution < 1.29 is 8.42 Å². The molecule has 0 heterocycles. The average Bonchev–Trinajstić information content (AvgIpc) is 2.41. The van der Waals surface area contributed by atoms with Crippen LogP contribution in [0.5, 0.6) is 0 Å². The fourth-order valence-electron chi connectivity index (χ4n) is 2.95. The molecule has 1 fully saturated rings. The zero-order chi connectivity index (χ0) is 14.6. The summed E-state index contributed by atoms with van der Waals surface area (Å²) < 4.78 is 27.2. The second kappa shape index (κ2) is 6.72. The number of nitrogens with one attached hydrogen (secondary N) is 1. The molecule has 0 unspecified atom stereocenters. The Morgan fingerprint density at radius 1 is 1.15 bits per heavy atom. The summed E-state index contributed by atoms with van der Waals surface area (Å²) in [5.41, 5.74) is 0.798. The molecule has 0 aromatic heterocycles. The van der Waals surface area contributed by atoms with E-state index in [0.29, 0.717) is 17.4 Å². The Hall–Kier alpha value is -0.870. The Morgan fingerprint density at radius 2 is 1.80 bits per heavy atom. The van der Waals surface area contributed by atoms with Crippen molar-refractivity contribution in [2.45, 2.75) is 50.8 Å². The number of rotatable bonds is 5. The summed E-state index contributed by atoms with van der Waals surface area (Å²) in [4.78, 5) is 0.400. The molecule has 20 heavy (non-hydrogen) atoms. The van der Waals surface area contributed by atoms with Crippen molar-refractivity contribution in [2.24, 2.45) is 11.8 Å². The van der Waals surface area contributed by atoms with Crippen LogP contribution in [0.25, 0.3) is 0 Å². The van der Waals surface area contributed by atoms with Crippen molar-refractivity contribution in [3.63, 3.8) is 0 Å². The Kier molecular flexibility index (Phi) is 5.22. The van der Waals surface area contributed by atoms with Gasteiger partial charge in [0.25, 0.3) is 0 Å². The van der Waals surface area contributed by atoms with Crippen molar-refractivity contribution in [3.05, 3.63) is 29.8 Å². The Bertz CT molecular complexity index is 531. The molecule has 0 aliphatic heterocycles. The molecular formula is C16H25NO2S. The maximum Gasteiger partial charge on any atom is 0.240 e. The molecule has 1 saturated carbocycles. The van der Waals surface area contributed by atoms with E-state index in [1.54, 1.807) is 12.1 Å². The molecule has 0 spiro atoms. The average molecular weight is 295 g/mol. The van der Waals surface area contributed by atoms with Crippen molar-refractivity contribution in [2.75, 3.05) is 6.54 Å². The minimum atomic E-state index is -3.35. The lowest BCUT2D eigenvalue weighted by Crippen LogP contribution is -2.27. The molecule has 1 N–H and O–H groups in total. The van der Waals surface area contributed by atoms with Crippen LogP contribution in [0, 0.1) is 18.8 Å². The van der Waals surface area contributed by atoms with Crippen LogP contribution < -0.4 is 4.72 Å². The third kappa shape index (κ3) is 4.06. The van der Waals surface area contributed by atoms with E-state index >= 15 is 0 Å². The van der Waals surface area contributed by atoms with E-state index in [9.17, 15) is 8.42 Å². The van der Waals surface area contributed by atoms with Gasteiger partial charge in [-0.2, -0.15) is 0 Å². The van der Waals surface area contributed by atoms with Gasteiger partial charge in [0.15, 0.2) is 0 Å². The van der Waals surface area contributed by atoms with E-state index in [0.717, 1.165) is 17.9 Å². The molecule has 0 radical (unpaired) electrons. The Labute approximate surface area is 122 Å². The summed E-state index contributed by atoms with van der Waals surface area (Å²) in [7, 11) is -3.35. The normalized spacial score (nSPS) is 23.7. The van der Waals surface area contributed by atoms with Gasteiger partial charge in [0.2, 0.25) is 10.0 Å². The summed E-state index contributed by atoms with van der Waals surface area (Å²) in [5.74, 6) is 1.53. The minimum absolute atomic E-state index is 0.400. The van der Waals surface area contributed by atoms with E-state index in [-0.39, 0.29) is 0 Å². The largest absolute Gasteiger partial charge is 0.240 e. The number of benzene rings is 1. The standard InChI is InChI=1S/C16H25NO2S/c1-13-7-9-15(10-8-13)11-12-17-20(18,19)16-6-4-3-5-14(16)2/h3-6,13,15,17H,7-12H2,1-2H3. The molecule has 4 heteroatoms. The molecule has 1 aliphatic rings. The molecule has 112 valence electrons. The first-order chi connectivity index (χ1) is 9.49. The fourth-order valence-corrected chi connectivity index (χ4v) is 4.24. The molecule has 2 rings (SSSR count). The van der Waals surface area contributed by atoms with Gasteiger partial charge in [-0.3, -0.25) is 0 Å². The van der Waals surface area contributed by atoms with E-state index in [1.807, 2.05) is 19.1 Å². The van der Waals surface area contributed by atoms with E-state index in [2.05, 4.69) is 11.6 Å². The fraction of sp³-hybridized carbons (Fsp3) is 0.625. The number of hydrogen-bond donors (Lipinski definition) is 1. The van der Waals surface area contributed by atoms with Crippen LogP contribution in [0.3, 0.4) is 0 Å². The molecule has 0 bridgehead atoms. The molecule has 1 aliphatic carbocycles. The summed E-state index contributed by atoms with van der Waals surface area (Å²) in [5, 5.41) is 0. The first kappa shape index (κ1) is 15.5. The summed E-state index contributed by atoms with van der Waals surface area (Å²) in [6.45, 7) is 4.68. The highest BCUT2D eigenvalue weighted by Crippen LogP contribution is 2.30. The highest BCUT2D eigenvalue weighted by molar-refractivity contribution is 7.89. The lowest BCUT2D eigenvalue weighted by molar-refractivity contribution is 0.278. The number of sulfonamides is 1. The summed E-state index contributed by atoms with van der Waals surface area (Å²) >= 11 is 0. The van der Waals surface area contributed by atoms with Gasteiger partial charge in [0, 0.05) is 6.54 Å². The van der Waals surface area contributed by atoms with Gasteiger partial charge in [0.1, 0.15) is 0 Å². The van der Waals surface area contributed by atoms with Crippen LogP contribution in [-0.2, 0) is 10.0 Å². The Balaban J connectivity index is 1.86. The maximum atomic E-state index is 12.2. The van der Waals surface area contributed by atoms with Crippen molar-refractivity contribution in [1.29, 1.82) is 0 Å². The smallest absolute Gasteiger partial charge is 0.211 e. The molecule has 1 aromatic carbocycles. The van der Waals surface area contributed by atoms with Gasteiger partial charge < -0.3 is 0 Å². The third-order valence-electron chi connectivity index (χ3n) is 4.36. The van der Waals surface area contributed by atoms with Gasteiger partial charge >= 0.3 is 0 Å². The minimum Gasteiger partial charge on any atom is -0.211 e. The van der Waals surface area contributed by atoms with Crippen molar-refractivity contribution >= 4 is 10.0 Å².